The van der Waals surface area contributed by atoms with Gasteiger partial charge in [0.2, 0.25) is 11.8 Å². The Bertz CT molecular complexity index is 1170. The Balaban J connectivity index is 1.37. The van der Waals surface area contributed by atoms with E-state index in [4.69, 9.17) is 4.98 Å². The highest BCUT2D eigenvalue weighted by atomic mass is 16.2. The molecule has 2 N–H and O–H groups in total. The average Bonchev–Trinajstić information content (AvgIpc) is 3.52. The molecule has 3 aromatic heterocycles. The number of nitrogens with one attached hydrogen (secondary N) is 2. The first-order valence-corrected chi connectivity index (χ1v) is 10.9. The van der Waals surface area contributed by atoms with E-state index in [1.54, 1.807) is 12.4 Å². The number of hydrogen-bond acceptors (Lipinski definition) is 8. The number of imidazole rings is 1. The molecule has 2 aliphatic heterocycles. The number of likely N-dealkylation sites (tertiary alicyclic amines) is 1. The lowest BCUT2D eigenvalue weighted by atomic mass is 10.2. The predicted molar refractivity (Wildman–Crippen MR) is 117 cm³/mol. The second-order valence-electron chi connectivity index (χ2n) is 8.17. The van der Waals surface area contributed by atoms with Gasteiger partial charge in [0.1, 0.15) is 24.0 Å². The highest BCUT2D eigenvalue weighted by molar-refractivity contribution is 5.91. The second-order valence-corrected chi connectivity index (χ2v) is 8.17. The van der Waals surface area contributed by atoms with Crippen LogP contribution in [0.25, 0.3) is 22.6 Å². The zero-order valence-electron chi connectivity index (χ0n) is 18.1. The van der Waals surface area contributed by atoms with Crippen LogP contribution in [0.15, 0.2) is 18.7 Å². The molecule has 166 valence electrons. The van der Waals surface area contributed by atoms with Gasteiger partial charge in [0.05, 0.1) is 5.56 Å². The Morgan fingerprint density at radius 2 is 2.03 bits per heavy atom. The molecule has 2 saturated heterocycles. The van der Waals surface area contributed by atoms with Gasteiger partial charge >= 0.3 is 0 Å². The molecule has 0 bridgehead atoms. The minimum atomic E-state index is -0.397. The van der Waals surface area contributed by atoms with Crippen molar-refractivity contribution in [1.29, 1.82) is 0 Å². The number of carbonyl (C=O) groups excluding carboxylic acids is 2. The molecule has 11 nitrogen and oxygen atoms in total. The van der Waals surface area contributed by atoms with Crippen LogP contribution in [0.4, 0.5) is 5.82 Å². The minimum Gasteiger partial charge on any atom is -0.364 e. The smallest absolute Gasteiger partial charge is 0.245 e. The van der Waals surface area contributed by atoms with Gasteiger partial charge in [-0.1, -0.05) is 0 Å². The Kier molecular flexibility index (Phi) is 5.16. The van der Waals surface area contributed by atoms with Crippen molar-refractivity contribution in [2.45, 2.75) is 51.7 Å². The maximum Gasteiger partial charge on any atom is 0.245 e. The summed E-state index contributed by atoms with van der Waals surface area (Å²) >= 11 is 0. The first-order valence-electron chi connectivity index (χ1n) is 10.9. The van der Waals surface area contributed by atoms with Crippen molar-refractivity contribution < 1.29 is 9.59 Å². The van der Waals surface area contributed by atoms with Gasteiger partial charge in [0.25, 0.3) is 0 Å². The van der Waals surface area contributed by atoms with Crippen LogP contribution in [-0.4, -0.2) is 71.4 Å². The number of nitrogens with zero attached hydrogens (tertiary/aromatic N) is 7. The van der Waals surface area contributed by atoms with E-state index in [1.165, 1.54) is 6.33 Å². The molecule has 32 heavy (non-hydrogen) atoms. The van der Waals surface area contributed by atoms with Gasteiger partial charge in [-0.05, 0) is 26.7 Å². The van der Waals surface area contributed by atoms with Crippen molar-refractivity contribution >= 4 is 28.8 Å². The number of rotatable bonds is 5. The van der Waals surface area contributed by atoms with Gasteiger partial charge in [-0.25, -0.2) is 24.9 Å². The lowest BCUT2D eigenvalue weighted by Gasteiger charge is -2.20. The van der Waals surface area contributed by atoms with Crippen LogP contribution >= 0.6 is 0 Å². The van der Waals surface area contributed by atoms with E-state index in [2.05, 4.69) is 30.6 Å². The third-order valence-electron chi connectivity index (χ3n) is 6.02. The van der Waals surface area contributed by atoms with E-state index in [1.807, 2.05) is 23.3 Å². The second kappa shape index (κ2) is 8.13. The topological polar surface area (TPSA) is 131 Å². The van der Waals surface area contributed by atoms with Crippen LogP contribution in [0, 0.1) is 6.92 Å². The van der Waals surface area contributed by atoms with E-state index in [9.17, 15) is 9.59 Å². The van der Waals surface area contributed by atoms with E-state index >= 15 is 0 Å². The molecular formula is C21H25N9O2. The summed E-state index contributed by atoms with van der Waals surface area (Å²) in [6.45, 7) is 5.78. The highest BCUT2D eigenvalue weighted by Crippen LogP contribution is 2.27. The van der Waals surface area contributed by atoms with Gasteiger partial charge in [0, 0.05) is 44.5 Å². The van der Waals surface area contributed by atoms with Crippen LogP contribution in [0.1, 0.15) is 32.0 Å². The summed E-state index contributed by atoms with van der Waals surface area (Å²) < 4.78 is 2.02. The first-order chi connectivity index (χ1) is 15.5. The molecule has 0 spiro atoms. The summed E-state index contributed by atoms with van der Waals surface area (Å²) in [7, 11) is 0. The number of aryl methyl sites for hydroxylation is 2. The van der Waals surface area contributed by atoms with Crippen LogP contribution in [0.5, 0.6) is 0 Å². The third-order valence-corrected chi connectivity index (χ3v) is 6.02. The number of amides is 2. The normalized spacial score (nSPS) is 20.7. The van der Waals surface area contributed by atoms with E-state index in [0.717, 1.165) is 23.5 Å². The van der Waals surface area contributed by atoms with Crippen molar-refractivity contribution in [2.75, 3.05) is 18.4 Å². The molecule has 5 rings (SSSR count). The molecule has 5 heterocycles. The standard InChI is InChI=1S/C21H25N9O2/c1-3-30-19(13-8-22-12(2)23-9-13)28-17-18(24-11-25-20(17)30)26-14-6-7-29(10-14)21(32)15-4-5-16(31)27-15/h8-9,11,14-15H,3-7,10H2,1-2H3,(H,27,31)(H,24,25,26)/t14-,15-/m0/s1. The van der Waals surface area contributed by atoms with E-state index in [0.29, 0.717) is 49.6 Å². The summed E-state index contributed by atoms with van der Waals surface area (Å²) in [5.41, 5.74) is 2.23. The van der Waals surface area contributed by atoms with Gasteiger partial charge in [-0.15, -0.1) is 0 Å². The van der Waals surface area contributed by atoms with Crippen LogP contribution in [0.2, 0.25) is 0 Å². The molecule has 0 aromatic carbocycles. The number of anilines is 1. The third kappa shape index (κ3) is 3.63. The molecule has 2 aliphatic rings. The monoisotopic (exact) mass is 435 g/mol. The van der Waals surface area contributed by atoms with Gasteiger partial charge < -0.3 is 20.1 Å². The first kappa shape index (κ1) is 20.3. The molecule has 0 aliphatic carbocycles. The maximum atomic E-state index is 12.7. The molecule has 2 atom stereocenters. The molecule has 0 saturated carbocycles. The predicted octanol–water partition coefficient (Wildman–Crippen LogP) is 0.903. The van der Waals surface area contributed by atoms with Crippen LogP contribution < -0.4 is 10.6 Å². The fraction of sp³-hybridized carbons (Fsp3) is 0.476. The summed E-state index contributed by atoms with van der Waals surface area (Å²) in [5, 5.41) is 6.21. The maximum absolute atomic E-state index is 12.7. The quantitative estimate of drug-likeness (QED) is 0.604. The van der Waals surface area contributed by atoms with Gasteiger partial charge in [0.15, 0.2) is 17.0 Å². The molecular weight excluding hydrogens is 410 g/mol. The van der Waals surface area contributed by atoms with Crippen molar-refractivity contribution in [3.05, 3.63) is 24.5 Å². The zero-order chi connectivity index (χ0) is 22.2. The van der Waals surface area contributed by atoms with Crippen molar-refractivity contribution in [2.24, 2.45) is 0 Å². The Morgan fingerprint density at radius 1 is 1.22 bits per heavy atom. The van der Waals surface area contributed by atoms with Gasteiger partial charge in [-0.2, -0.15) is 0 Å². The van der Waals surface area contributed by atoms with E-state index in [-0.39, 0.29) is 17.9 Å². The molecule has 2 amide bonds. The summed E-state index contributed by atoms with van der Waals surface area (Å²) in [6.07, 6.45) is 6.83. The number of fused-ring (bicyclic) bond motifs is 1. The SMILES string of the molecule is CCn1c(-c2cnc(C)nc2)nc2c(N[C@H]3CCN(C(=O)[C@@H]4CCC(=O)N4)C3)ncnc21. The summed E-state index contributed by atoms with van der Waals surface area (Å²) in [6, 6.07) is -0.348. The Labute approximate surface area is 184 Å². The fourth-order valence-electron chi connectivity index (χ4n) is 4.36. The molecule has 11 heteroatoms. The number of carbonyl (C=O) groups is 2. The number of hydrogen-bond donors (Lipinski definition) is 2. The molecule has 2 fully saturated rings. The average molecular weight is 435 g/mol. The van der Waals surface area contributed by atoms with Gasteiger partial charge in [-0.3, -0.25) is 9.59 Å². The minimum absolute atomic E-state index is 0.00935. The lowest BCUT2D eigenvalue weighted by molar-refractivity contribution is -0.133. The summed E-state index contributed by atoms with van der Waals surface area (Å²) in [5.74, 6) is 2.02. The Morgan fingerprint density at radius 3 is 2.75 bits per heavy atom. The van der Waals surface area contributed by atoms with Crippen LogP contribution in [-0.2, 0) is 16.1 Å². The van der Waals surface area contributed by atoms with Crippen molar-refractivity contribution in [3.8, 4) is 11.4 Å². The number of aromatic nitrogens is 6. The Hall–Kier alpha value is -3.63. The van der Waals surface area contributed by atoms with E-state index < -0.39 is 6.04 Å². The summed E-state index contributed by atoms with van der Waals surface area (Å²) in [4.78, 5) is 48.3. The molecule has 3 aromatic rings. The lowest BCUT2D eigenvalue weighted by Crippen LogP contribution is -2.44. The molecule has 0 unspecified atom stereocenters. The molecule has 0 radical (unpaired) electrons. The largest absolute Gasteiger partial charge is 0.364 e. The van der Waals surface area contributed by atoms with Crippen molar-refractivity contribution in [1.82, 2.24) is 39.7 Å². The fourth-order valence-corrected chi connectivity index (χ4v) is 4.36. The zero-order valence-corrected chi connectivity index (χ0v) is 18.1. The van der Waals surface area contributed by atoms with Crippen LogP contribution in [0.3, 0.4) is 0 Å². The highest BCUT2D eigenvalue weighted by Gasteiger charge is 2.34. The van der Waals surface area contributed by atoms with Crippen molar-refractivity contribution in [3.63, 3.8) is 0 Å².